The third-order valence-electron chi connectivity index (χ3n) is 3.53. The fraction of sp³-hybridized carbons (Fsp3) is 0.250. The molecule has 0 bridgehead atoms. The highest BCUT2D eigenvalue weighted by Crippen LogP contribution is 2.31. The van der Waals surface area contributed by atoms with Crippen LogP contribution >= 0.6 is 22.7 Å². The van der Waals surface area contributed by atoms with Crippen molar-refractivity contribution in [2.45, 2.75) is 26.7 Å². The quantitative estimate of drug-likeness (QED) is 0.746. The Bertz CT molecular complexity index is 903. The number of aromatic nitrogens is 2. The van der Waals surface area contributed by atoms with Gasteiger partial charge in [0, 0.05) is 17.7 Å². The van der Waals surface area contributed by atoms with E-state index in [9.17, 15) is 10.1 Å². The minimum Gasteiger partial charge on any atom is -0.339 e. The fourth-order valence-electron chi connectivity index (χ4n) is 2.12. The smallest absolute Gasteiger partial charge is 0.227 e. The zero-order chi connectivity index (χ0) is 17.1. The standard InChI is InChI=1S/C16H14N4O2S2/c1-9-10(2)24-16(11(9)8-17)18-13(21)5-6-14-19-15(20-22-14)12-4-3-7-23-12/h3-4,7H,5-6H2,1-2H3,(H,18,21). The zero-order valence-electron chi connectivity index (χ0n) is 13.1. The Morgan fingerprint density at radius 1 is 1.46 bits per heavy atom. The Labute approximate surface area is 146 Å². The molecule has 3 aromatic heterocycles. The minimum absolute atomic E-state index is 0.177. The van der Waals surface area contributed by atoms with Crippen LogP contribution < -0.4 is 5.32 Å². The first-order valence-electron chi connectivity index (χ1n) is 7.25. The first-order chi connectivity index (χ1) is 11.6. The molecule has 0 radical (unpaired) electrons. The summed E-state index contributed by atoms with van der Waals surface area (Å²) in [5, 5.41) is 18.5. The van der Waals surface area contributed by atoms with Crippen molar-refractivity contribution in [3.05, 3.63) is 39.4 Å². The first-order valence-corrected chi connectivity index (χ1v) is 8.94. The lowest BCUT2D eigenvalue weighted by Gasteiger charge is -2.01. The molecule has 122 valence electrons. The number of nitrogens with one attached hydrogen (secondary N) is 1. The molecule has 0 saturated heterocycles. The molecule has 3 rings (SSSR count). The van der Waals surface area contributed by atoms with E-state index < -0.39 is 0 Å². The van der Waals surface area contributed by atoms with Gasteiger partial charge in [-0.25, -0.2) is 0 Å². The number of amides is 1. The number of carbonyl (C=O) groups is 1. The molecule has 0 fully saturated rings. The number of rotatable bonds is 5. The molecule has 0 atom stereocenters. The van der Waals surface area contributed by atoms with Crippen molar-refractivity contribution in [1.82, 2.24) is 10.1 Å². The average Bonchev–Trinajstić information content (AvgIpc) is 3.28. The summed E-state index contributed by atoms with van der Waals surface area (Å²) in [6.45, 7) is 3.81. The molecule has 3 aromatic rings. The molecular formula is C16H14N4O2S2. The van der Waals surface area contributed by atoms with Gasteiger partial charge in [-0.2, -0.15) is 10.2 Å². The topological polar surface area (TPSA) is 91.8 Å². The maximum absolute atomic E-state index is 12.1. The van der Waals surface area contributed by atoms with Gasteiger partial charge in [-0.05, 0) is 30.9 Å². The van der Waals surface area contributed by atoms with E-state index in [4.69, 9.17) is 4.52 Å². The molecule has 6 nitrogen and oxygen atoms in total. The highest BCUT2D eigenvalue weighted by atomic mass is 32.1. The first kappa shape index (κ1) is 16.4. The van der Waals surface area contributed by atoms with Crippen molar-refractivity contribution in [2.24, 2.45) is 0 Å². The maximum Gasteiger partial charge on any atom is 0.227 e. The Morgan fingerprint density at radius 3 is 3.00 bits per heavy atom. The zero-order valence-corrected chi connectivity index (χ0v) is 14.8. The van der Waals surface area contributed by atoms with Gasteiger partial charge in [-0.15, -0.1) is 22.7 Å². The lowest BCUT2D eigenvalue weighted by molar-refractivity contribution is -0.116. The van der Waals surface area contributed by atoms with Gasteiger partial charge < -0.3 is 9.84 Å². The van der Waals surface area contributed by atoms with Crippen molar-refractivity contribution in [1.29, 1.82) is 5.26 Å². The summed E-state index contributed by atoms with van der Waals surface area (Å²) < 4.78 is 5.17. The third kappa shape index (κ3) is 3.37. The second-order valence-corrected chi connectivity index (χ2v) is 7.31. The molecule has 1 N–H and O–H groups in total. The lowest BCUT2D eigenvalue weighted by Crippen LogP contribution is -2.12. The van der Waals surface area contributed by atoms with E-state index in [1.807, 2.05) is 31.4 Å². The molecule has 0 unspecified atom stereocenters. The van der Waals surface area contributed by atoms with Crippen LogP contribution in [0, 0.1) is 25.2 Å². The molecule has 0 aromatic carbocycles. The molecule has 0 aliphatic rings. The highest BCUT2D eigenvalue weighted by molar-refractivity contribution is 7.16. The second kappa shape index (κ2) is 6.95. The van der Waals surface area contributed by atoms with E-state index in [1.165, 1.54) is 22.7 Å². The van der Waals surface area contributed by atoms with Gasteiger partial charge in [-0.3, -0.25) is 4.79 Å². The monoisotopic (exact) mass is 358 g/mol. The van der Waals surface area contributed by atoms with E-state index >= 15 is 0 Å². The van der Waals surface area contributed by atoms with Gasteiger partial charge in [0.2, 0.25) is 17.6 Å². The molecule has 0 saturated carbocycles. The van der Waals surface area contributed by atoms with E-state index in [0.717, 1.165) is 15.3 Å². The Kier molecular flexibility index (Phi) is 4.74. The van der Waals surface area contributed by atoms with Crippen LogP contribution in [0.3, 0.4) is 0 Å². The number of aryl methyl sites for hydroxylation is 2. The van der Waals surface area contributed by atoms with Crippen LogP contribution in [0.1, 0.15) is 28.3 Å². The summed E-state index contributed by atoms with van der Waals surface area (Å²) in [4.78, 5) is 18.4. The minimum atomic E-state index is -0.177. The van der Waals surface area contributed by atoms with Crippen molar-refractivity contribution in [3.63, 3.8) is 0 Å². The Hall–Kier alpha value is -2.50. The van der Waals surface area contributed by atoms with Gasteiger partial charge in [-0.1, -0.05) is 11.2 Å². The van der Waals surface area contributed by atoms with Crippen LogP contribution in [0.25, 0.3) is 10.7 Å². The van der Waals surface area contributed by atoms with Gasteiger partial charge in [0.25, 0.3) is 0 Å². The van der Waals surface area contributed by atoms with Crippen LogP contribution in [-0.2, 0) is 11.2 Å². The summed E-state index contributed by atoms with van der Waals surface area (Å²) in [5.74, 6) is 0.785. The maximum atomic E-state index is 12.1. The number of carbonyl (C=O) groups excluding carboxylic acids is 1. The van der Waals surface area contributed by atoms with E-state index in [-0.39, 0.29) is 12.3 Å². The van der Waals surface area contributed by atoms with E-state index in [1.54, 1.807) is 0 Å². The largest absolute Gasteiger partial charge is 0.339 e. The lowest BCUT2D eigenvalue weighted by atomic mass is 10.2. The van der Waals surface area contributed by atoms with Crippen LogP contribution in [0.4, 0.5) is 5.00 Å². The van der Waals surface area contributed by atoms with Crippen molar-refractivity contribution < 1.29 is 9.32 Å². The van der Waals surface area contributed by atoms with Gasteiger partial charge in [0.1, 0.15) is 11.1 Å². The molecule has 1 amide bonds. The van der Waals surface area contributed by atoms with Crippen LogP contribution in [0.2, 0.25) is 0 Å². The number of thiophene rings is 2. The van der Waals surface area contributed by atoms with Crippen LogP contribution in [0.5, 0.6) is 0 Å². The van der Waals surface area contributed by atoms with Crippen molar-refractivity contribution >= 4 is 33.6 Å². The number of hydrogen-bond donors (Lipinski definition) is 1. The molecule has 0 aliphatic heterocycles. The molecular weight excluding hydrogens is 344 g/mol. The molecule has 0 aliphatic carbocycles. The average molecular weight is 358 g/mol. The van der Waals surface area contributed by atoms with Crippen LogP contribution in [-0.4, -0.2) is 16.0 Å². The summed E-state index contributed by atoms with van der Waals surface area (Å²) >= 11 is 2.94. The highest BCUT2D eigenvalue weighted by Gasteiger charge is 2.16. The SMILES string of the molecule is Cc1sc(NC(=O)CCc2nc(-c3cccs3)no2)c(C#N)c1C. The number of hydrogen-bond acceptors (Lipinski definition) is 7. The molecule has 3 heterocycles. The van der Waals surface area contributed by atoms with E-state index in [2.05, 4.69) is 21.5 Å². The van der Waals surface area contributed by atoms with Crippen molar-refractivity contribution in [3.8, 4) is 16.8 Å². The fourth-order valence-corrected chi connectivity index (χ4v) is 3.80. The summed E-state index contributed by atoms with van der Waals surface area (Å²) in [6.07, 6.45) is 0.572. The molecule has 0 spiro atoms. The summed E-state index contributed by atoms with van der Waals surface area (Å²) in [5.41, 5.74) is 1.44. The summed E-state index contributed by atoms with van der Waals surface area (Å²) in [7, 11) is 0. The Morgan fingerprint density at radius 2 is 2.29 bits per heavy atom. The van der Waals surface area contributed by atoms with E-state index in [0.29, 0.717) is 28.7 Å². The number of nitriles is 1. The van der Waals surface area contributed by atoms with Gasteiger partial charge >= 0.3 is 0 Å². The molecule has 8 heteroatoms. The van der Waals surface area contributed by atoms with Crippen molar-refractivity contribution in [2.75, 3.05) is 5.32 Å². The van der Waals surface area contributed by atoms with Crippen LogP contribution in [0.15, 0.2) is 22.0 Å². The van der Waals surface area contributed by atoms with Gasteiger partial charge in [0.15, 0.2) is 0 Å². The number of nitrogens with zero attached hydrogens (tertiary/aromatic N) is 3. The normalized spacial score (nSPS) is 10.5. The third-order valence-corrected chi connectivity index (χ3v) is 5.51. The van der Waals surface area contributed by atoms with Gasteiger partial charge in [0.05, 0.1) is 10.4 Å². The number of anilines is 1. The summed E-state index contributed by atoms with van der Waals surface area (Å²) in [6, 6.07) is 5.97. The molecule has 24 heavy (non-hydrogen) atoms. The second-order valence-electron chi connectivity index (χ2n) is 5.14. The Balaban J connectivity index is 1.60. The predicted octanol–water partition coefficient (Wildman–Crippen LogP) is 3.92. The predicted molar refractivity (Wildman–Crippen MR) is 93.1 cm³/mol.